The van der Waals surface area contributed by atoms with Crippen LogP contribution in [0.1, 0.15) is 0 Å². The lowest BCUT2D eigenvalue weighted by Crippen LogP contribution is -2.47. The van der Waals surface area contributed by atoms with Crippen molar-refractivity contribution in [3.63, 3.8) is 0 Å². The number of aromatic nitrogens is 2. The van der Waals surface area contributed by atoms with E-state index in [1.54, 1.807) is 0 Å². The van der Waals surface area contributed by atoms with Crippen molar-refractivity contribution in [2.45, 2.75) is 6.54 Å². The van der Waals surface area contributed by atoms with Crippen LogP contribution in [-0.2, 0) is 6.54 Å². The van der Waals surface area contributed by atoms with Crippen LogP contribution in [-0.4, -0.2) is 47.2 Å². The smallest absolute Gasteiger partial charge is 0.201 e. The van der Waals surface area contributed by atoms with Gasteiger partial charge in [0.25, 0.3) is 0 Å². The van der Waals surface area contributed by atoms with Crippen molar-refractivity contribution in [1.29, 1.82) is 0 Å². The Bertz CT molecular complexity index is 803. The fraction of sp³-hybridized carbons (Fsp3) is 0.316. The summed E-state index contributed by atoms with van der Waals surface area (Å²) < 4.78 is 2.12. The van der Waals surface area contributed by atoms with Gasteiger partial charge < -0.3 is 15.2 Å². The van der Waals surface area contributed by atoms with E-state index in [0.717, 1.165) is 50.3 Å². The van der Waals surface area contributed by atoms with Gasteiger partial charge in [-0.15, -0.1) is 0 Å². The minimum atomic E-state index is 0.610. The Balaban J connectivity index is 1.37. The Hall–Kier alpha value is -2.53. The van der Waals surface area contributed by atoms with Crippen LogP contribution < -0.4 is 10.6 Å². The molecule has 3 aromatic rings. The molecule has 0 atom stereocenters. The van der Waals surface area contributed by atoms with Gasteiger partial charge in [0.2, 0.25) is 5.95 Å². The monoisotopic (exact) mass is 321 g/mol. The van der Waals surface area contributed by atoms with Crippen molar-refractivity contribution in [1.82, 2.24) is 14.5 Å². The summed E-state index contributed by atoms with van der Waals surface area (Å²) in [7, 11) is 0. The zero-order chi connectivity index (χ0) is 16.4. The van der Waals surface area contributed by atoms with Gasteiger partial charge in [-0.05, 0) is 24.3 Å². The van der Waals surface area contributed by atoms with Gasteiger partial charge in [-0.3, -0.25) is 4.90 Å². The van der Waals surface area contributed by atoms with E-state index in [1.807, 2.05) is 18.2 Å². The van der Waals surface area contributed by atoms with Crippen molar-refractivity contribution < 1.29 is 0 Å². The zero-order valence-corrected chi connectivity index (χ0v) is 13.8. The molecular formula is C19H23N5. The average molecular weight is 321 g/mol. The number of imidazole rings is 1. The minimum Gasteiger partial charge on any atom is -0.369 e. The van der Waals surface area contributed by atoms with Crippen LogP contribution in [0, 0.1) is 0 Å². The highest BCUT2D eigenvalue weighted by molar-refractivity contribution is 5.78. The lowest BCUT2D eigenvalue weighted by molar-refractivity contribution is 0.249. The first-order valence-electron chi connectivity index (χ1n) is 8.54. The molecule has 24 heavy (non-hydrogen) atoms. The number of nitrogens with zero attached hydrogens (tertiary/aromatic N) is 4. The highest BCUT2D eigenvalue weighted by atomic mass is 15.3. The first-order chi connectivity index (χ1) is 11.8. The van der Waals surface area contributed by atoms with E-state index in [-0.39, 0.29) is 0 Å². The Labute approximate surface area is 142 Å². The van der Waals surface area contributed by atoms with Crippen molar-refractivity contribution in [2.75, 3.05) is 43.4 Å². The summed E-state index contributed by atoms with van der Waals surface area (Å²) in [6, 6.07) is 18.8. The lowest BCUT2D eigenvalue weighted by atomic mass is 10.2. The van der Waals surface area contributed by atoms with E-state index >= 15 is 0 Å². The molecule has 4 rings (SSSR count). The predicted molar refractivity (Wildman–Crippen MR) is 99.2 cm³/mol. The molecule has 1 saturated heterocycles. The van der Waals surface area contributed by atoms with E-state index in [1.165, 1.54) is 5.69 Å². The van der Waals surface area contributed by atoms with Crippen LogP contribution in [0.3, 0.4) is 0 Å². The van der Waals surface area contributed by atoms with E-state index < -0.39 is 0 Å². The van der Waals surface area contributed by atoms with Gasteiger partial charge in [-0.25, -0.2) is 4.98 Å². The molecule has 1 aliphatic rings. The van der Waals surface area contributed by atoms with Crippen molar-refractivity contribution in [3.05, 3.63) is 54.6 Å². The number of piperazine rings is 1. The Morgan fingerprint density at radius 2 is 1.54 bits per heavy atom. The first-order valence-corrected chi connectivity index (χ1v) is 8.54. The SMILES string of the molecule is Nc1nc2ccccc2n1CCN1CCN(c2ccccc2)CC1. The number of fused-ring (bicyclic) bond motifs is 1. The zero-order valence-electron chi connectivity index (χ0n) is 13.8. The molecule has 0 saturated carbocycles. The Morgan fingerprint density at radius 1 is 0.833 bits per heavy atom. The molecule has 2 heterocycles. The maximum Gasteiger partial charge on any atom is 0.201 e. The topological polar surface area (TPSA) is 50.3 Å². The van der Waals surface area contributed by atoms with Crippen LogP contribution in [0.15, 0.2) is 54.6 Å². The van der Waals surface area contributed by atoms with Crippen LogP contribution in [0.5, 0.6) is 0 Å². The molecule has 1 aromatic heterocycles. The Morgan fingerprint density at radius 3 is 2.33 bits per heavy atom. The summed E-state index contributed by atoms with van der Waals surface area (Å²) in [5, 5.41) is 0. The standard InChI is InChI=1S/C19H23N5/c20-19-21-17-8-4-5-9-18(17)24(19)15-12-22-10-13-23(14-11-22)16-6-2-1-3-7-16/h1-9H,10-15H2,(H2,20,21). The van der Waals surface area contributed by atoms with Crippen LogP contribution in [0.25, 0.3) is 11.0 Å². The fourth-order valence-electron chi connectivity index (χ4n) is 3.44. The highest BCUT2D eigenvalue weighted by Crippen LogP contribution is 2.18. The quantitative estimate of drug-likeness (QED) is 0.802. The molecule has 0 bridgehead atoms. The van der Waals surface area contributed by atoms with Crippen LogP contribution >= 0.6 is 0 Å². The molecule has 2 aromatic carbocycles. The number of anilines is 2. The minimum absolute atomic E-state index is 0.610. The third-order valence-corrected chi connectivity index (χ3v) is 4.82. The molecule has 0 amide bonds. The number of nitrogens with two attached hydrogens (primary N) is 1. The van der Waals surface area contributed by atoms with E-state index in [4.69, 9.17) is 5.73 Å². The summed E-state index contributed by atoms with van der Waals surface area (Å²) in [5.74, 6) is 0.610. The molecule has 0 spiro atoms. The maximum atomic E-state index is 6.09. The van der Waals surface area contributed by atoms with Gasteiger partial charge >= 0.3 is 0 Å². The molecule has 0 radical (unpaired) electrons. The van der Waals surface area contributed by atoms with Gasteiger partial charge in [0.05, 0.1) is 11.0 Å². The summed E-state index contributed by atoms with van der Waals surface area (Å²) in [5.41, 5.74) is 9.51. The molecule has 124 valence electrons. The maximum absolute atomic E-state index is 6.09. The van der Waals surface area contributed by atoms with E-state index in [9.17, 15) is 0 Å². The molecular weight excluding hydrogens is 298 g/mol. The summed E-state index contributed by atoms with van der Waals surface area (Å²) in [6.07, 6.45) is 0. The summed E-state index contributed by atoms with van der Waals surface area (Å²) in [6.45, 7) is 6.21. The first kappa shape index (κ1) is 15.0. The predicted octanol–water partition coefficient (Wildman–Crippen LogP) is 2.44. The second-order valence-corrected chi connectivity index (χ2v) is 6.27. The number of benzene rings is 2. The van der Waals surface area contributed by atoms with Crippen molar-refractivity contribution in [2.24, 2.45) is 0 Å². The second-order valence-electron chi connectivity index (χ2n) is 6.27. The third-order valence-electron chi connectivity index (χ3n) is 4.82. The molecule has 0 unspecified atom stereocenters. The van der Waals surface area contributed by atoms with Crippen molar-refractivity contribution >= 4 is 22.7 Å². The molecule has 1 fully saturated rings. The molecule has 2 N–H and O–H groups in total. The molecule has 5 heteroatoms. The van der Waals surface area contributed by atoms with Gasteiger partial charge in [0.15, 0.2) is 0 Å². The van der Waals surface area contributed by atoms with Gasteiger partial charge in [0.1, 0.15) is 0 Å². The van der Waals surface area contributed by atoms with Gasteiger partial charge in [0, 0.05) is 45.0 Å². The van der Waals surface area contributed by atoms with E-state index in [2.05, 4.69) is 55.7 Å². The second kappa shape index (κ2) is 6.53. The third kappa shape index (κ3) is 2.95. The molecule has 0 aliphatic carbocycles. The van der Waals surface area contributed by atoms with Crippen molar-refractivity contribution in [3.8, 4) is 0 Å². The average Bonchev–Trinajstić information content (AvgIpc) is 2.96. The summed E-state index contributed by atoms with van der Waals surface area (Å²) >= 11 is 0. The number of hydrogen-bond donors (Lipinski definition) is 1. The largest absolute Gasteiger partial charge is 0.369 e. The number of para-hydroxylation sites is 3. The fourth-order valence-corrected chi connectivity index (χ4v) is 3.44. The Kier molecular flexibility index (Phi) is 4.09. The van der Waals surface area contributed by atoms with Crippen LogP contribution in [0.2, 0.25) is 0 Å². The molecule has 1 aliphatic heterocycles. The van der Waals surface area contributed by atoms with Gasteiger partial charge in [-0.2, -0.15) is 0 Å². The summed E-state index contributed by atoms with van der Waals surface area (Å²) in [4.78, 5) is 9.41. The normalized spacial score (nSPS) is 15.9. The van der Waals surface area contributed by atoms with E-state index in [0.29, 0.717) is 5.95 Å². The number of nitrogen functional groups attached to an aromatic ring is 1. The number of hydrogen-bond acceptors (Lipinski definition) is 4. The van der Waals surface area contributed by atoms with Gasteiger partial charge in [-0.1, -0.05) is 30.3 Å². The van der Waals surface area contributed by atoms with Crippen LogP contribution in [0.4, 0.5) is 11.6 Å². The lowest BCUT2D eigenvalue weighted by Gasteiger charge is -2.36. The molecule has 5 nitrogen and oxygen atoms in total. The number of rotatable bonds is 4. The highest BCUT2D eigenvalue weighted by Gasteiger charge is 2.17.